The third-order valence-corrected chi connectivity index (χ3v) is 3.67. The van der Waals surface area contributed by atoms with Crippen LogP contribution in [0.15, 0.2) is 18.2 Å². The fourth-order valence-corrected chi connectivity index (χ4v) is 2.71. The lowest BCUT2D eigenvalue weighted by atomic mass is 9.90. The van der Waals surface area contributed by atoms with Gasteiger partial charge in [0.2, 0.25) is 0 Å². The van der Waals surface area contributed by atoms with Gasteiger partial charge in [0, 0.05) is 12.0 Å². The van der Waals surface area contributed by atoms with Gasteiger partial charge in [0.05, 0.1) is 18.3 Å². The topological polar surface area (TPSA) is 21.3 Å². The van der Waals surface area contributed by atoms with Crippen LogP contribution in [-0.2, 0) is 10.9 Å². The normalized spacial score (nSPS) is 24.9. The van der Waals surface area contributed by atoms with Gasteiger partial charge in [-0.15, -0.1) is 0 Å². The molecule has 112 valence electrons. The van der Waals surface area contributed by atoms with Crippen molar-refractivity contribution in [2.75, 3.05) is 13.7 Å². The fraction of sp³-hybridized carbons (Fsp3) is 0.571. The van der Waals surface area contributed by atoms with E-state index in [4.69, 9.17) is 4.74 Å². The Labute approximate surface area is 115 Å². The van der Waals surface area contributed by atoms with Crippen LogP contribution in [-0.4, -0.2) is 19.8 Å². The van der Waals surface area contributed by atoms with E-state index in [0.717, 1.165) is 18.6 Å². The molecule has 1 aromatic rings. The number of ether oxygens (including phenoxy) is 1. The molecular weight excluding hydrogens is 274 g/mol. The Morgan fingerprint density at radius 2 is 2.05 bits per heavy atom. The van der Waals surface area contributed by atoms with E-state index in [0.29, 0.717) is 12.2 Å². The number of benzene rings is 1. The molecule has 1 heterocycles. The van der Waals surface area contributed by atoms with E-state index in [1.807, 2.05) is 6.92 Å². The fourth-order valence-electron chi connectivity index (χ4n) is 2.71. The van der Waals surface area contributed by atoms with Gasteiger partial charge in [0.15, 0.2) is 0 Å². The zero-order valence-electron chi connectivity index (χ0n) is 11.3. The summed E-state index contributed by atoms with van der Waals surface area (Å²) in [5.74, 6) is -1.16. The second-order valence-corrected chi connectivity index (χ2v) is 5.14. The number of rotatable bonds is 3. The van der Waals surface area contributed by atoms with Crippen molar-refractivity contribution < 1.29 is 22.3 Å². The first-order valence-electron chi connectivity index (χ1n) is 6.48. The second-order valence-electron chi connectivity index (χ2n) is 5.14. The molecule has 0 spiro atoms. The summed E-state index contributed by atoms with van der Waals surface area (Å²) in [5, 5.41) is 3.01. The van der Waals surface area contributed by atoms with E-state index in [1.54, 1.807) is 7.05 Å². The van der Waals surface area contributed by atoms with Crippen molar-refractivity contribution >= 4 is 0 Å². The van der Waals surface area contributed by atoms with Gasteiger partial charge in [-0.2, -0.15) is 13.2 Å². The standard InChI is InChI=1S/C14H17F4NO/c1-8-5-10(7-20-8)13(19-2)9-3-4-12(15)11(6-9)14(16,17)18/h3-4,6,8,10,13,19H,5,7H2,1-2H3. The summed E-state index contributed by atoms with van der Waals surface area (Å²) in [5.41, 5.74) is -0.786. The molecule has 20 heavy (non-hydrogen) atoms. The molecule has 3 atom stereocenters. The molecule has 0 amide bonds. The molecule has 6 heteroatoms. The minimum absolute atomic E-state index is 0.0848. The largest absolute Gasteiger partial charge is 0.419 e. The summed E-state index contributed by atoms with van der Waals surface area (Å²) in [4.78, 5) is 0. The van der Waals surface area contributed by atoms with Crippen molar-refractivity contribution in [3.8, 4) is 0 Å². The van der Waals surface area contributed by atoms with Crippen LogP contribution in [0.4, 0.5) is 17.6 Å². The van der Waals surface area contributed by atoms with Crippen LogP contribution in [0.5, 0.6) is 0 Å². The van der Waals surface area contributed by atoms with E-state index >= 15 is 0 Å². The van der Waals surface area contributed by atoms with Gasteiger partial charge in [0.25, 0.3) is 0 Å². The molecule has 0 bridgehead atoms. The minimum atomic E-state index is -4.68. The molecule has 1 fully saturated rings. The van der Waals surface area contributed by atoms with Gasteiger partial charge < -0.3 is 10.1 Å². The van der Waals surface area contributed by atoms with Crippen LogP contribution in [0, 0.1) is 11.7 Å². The monoisotopic (exact) mass is 291 g/mol. The van der Waals surface area contributed by atoms with E-state index in [9.17, 15) is 17.6 Å². The predicted octanol–water partition coefficient (Wildman–Crippen LogP) is 3.53. The van der Waals surface area contributed by atoms with Gasteiger partial charge in [0.1, 0.15) is 5.82 Å². The highest BCUT2D eigenvalue weighted by Gasteiger charge is 2.36. The van der Waals surface area contributed by atoms with Gasteiger partial charge in [-0.3, -0.25) is 0 Å². The van der Waals surface area contributed by atoms with Crippen molar-refractivity contribution in [3.63, 3.8) is 0 Å². The average Bonchev–Trinajstić information content (AvgIpc) is 2.77. The molecule has 0 saturated carbocycles. The lowest BCUT2D eigenvalue weighted by Gasteiger charge is -2.23. The Morgan fingerprint density at radius 3 is 2.55 bits per heavy atom. The Hall–Kier alpha value is -1.14. The average molecular weight is 291 g/mol. The third kappa shape index (κ3) is 3.12. The first-order chi connectivity index (χ1) is 9.32. The maximum Gasteiger partial charge on any atom is 0.419 e. The molecule has 1 saturated heterocycles. The number of hydrogen-bond acceptors (Lipinski definition) is 2. The Morgan fingerprint density at radius 1 is 1.35 bits per heavy atom. The number of nitrogens with one attached hydrogen (secondary N) is 1. The van der Waals surface area contributed by atoms with E-state index in [2.05, 4.69) is 5.32 Å². The van der Waals surface area contributed by atoms with Crippen molar-refractivity contribution in [2.45, 2.75) is 31.7 Å². The maximum absolute atomic E-state index is 13.3. The van der Waals surface area contributed by atoms with Crippen molar-refractivity contribution in [1.82, 2.24) is 5.32 Å². The van der Waals surface area contributed by atoms with E-state index in [-0.39, 0.29) is 18.1 Å². The first-order valence-corrected chi connectivity index (χ1v) is 6.48. The Bertz CT molecular complexity index is 475. The summed E-state index contributed by atoms with van der Waals surface area (Å²) in [6.07, 6.45) is -3.82. The molecule has 2 nitrogen and oxygen atoms in total. The predicted molar refractivity (Wildman–Crippen MR) is 66.7 cm³/mol. The van der Waals surface area contributed by atoms with Crippen LogP contribution < -0.4 is 5.32 Å². The van der Waals surface area contributed by atoms with Crippen LogP contribution in [0.3, 0.4) is 0 Å². The molecule has 1 aliphatic heterocycles. The van der Waals surface area contributed by atoms with Crippen LogP contribution >= 0.6 is 0 Å². The molecular formula is C14H17F4NO. The number of alkyl halides is 3. The molecule has 2 rings (SSSR count). The summed E-state index contributed by atoms with van der Waals surface area (Å²) < 4.78 is 57.0. The van der Waals surface area contributed by atoms with E-state index in [1.165, 1.54) is 6.07 Å². The smallest absolute Gasteiger partial charge is 0.378 e. The molecule has 3 unspecified atom stereocenters. The summed E-state index contributed by atoms with van der Waals surface area (Å²) in [6, 6.07) is 2.89. The molecule has 1 aliphatic rings. The van der Waals surface area contributed by atoms with Gasteiger partial charge >= 0.3 is 6.18 Å². The Kier molecular flexibility index (Phi) is 4.34. The van der Waals surface area contributed by atoms with Gasteiger partial charge in [-0.25, -0.2) is 4.39 Å². The molecule has 0 radical (unpaired) electrons. The highest BCUT2D eigenvalue weighted by molar-refractivity contribution is 5.30. The maximum atomic E-state index is 13.3. The molecule has 0 aromatic heterocycles. The van der Waals surface area contributed by atoms with Crippen molar-refractivity contribution in [2.24, 2.45) is 5.92 Å². The van der Waals surface area contributed by atoms with Crippen LogP contribution in [0.2, 0.25) is 0 Å². The summed E-state index contributed by atoms with van der Waals surface area (Å²) in [6.45, 7) is 2.42. The molecule has 0 aliphatic carbocycles. The zero-order valence-corrected chi connectivity index (χ0v) is 11.3. The number of halogens is 4. The zero-order chi connectivity index (χ0) is 14.9. The van der Waals surface area contributed by atoms with Crippen LogP contribution in [0.25, 0.3) is 0 Å². The lowest BCUT2D eigenvalue weighted by Crippen LogP contribution is -2.26. The van der Waals surface area contributed by atoms with Gasteiger partial charge in [-0.1, -0.05) is 6.07 Å². The third-order valence-electron chi connectivity index (χ3n) is 3.67. The first kappa shape index (κ1) is 15.3. The quantitative estimate of drug-likeness (QED) is 0.860. The molecule has 1 N–H and O–H groups in total. The van der Waals surface area contributed by atoms with Crippen LogP contribution in [0.1, 0.15) is 30.5 Å². The lowest BCUT2D eigenvalue weighted by molar-refractivity contribution is -0.140. The van der Waals surface area contributed by atoms with Gasteiger partial charge in [-0.05, 0) is 38.1 Å². The second kappa shape index (κ2) is 5.69. The summed E-state index contributed by atoms with van der Waals surface area (Å²) >= 11 is 0. The Balaban J connectivity index is 2.31. The summed E-state index contributed by atoms with van der Waals surface area (Å²) in [7, 11) is 1.68. The van der Waals surface area contributed by atoms with Crippen molar-refractivity contribution in [3.05, 3.63) is 35.1 Å². The highest BCUT2D eigenvalue weighted by atomic mass is 19.4. The highest BCUT2D eigenvalue weighted by Crippen LogP contribution is 2.36. The number of hydrogen-bond donors (Lipinski definition) is 1. The molecule has 1 aromatic carbocycles. The van der Waals surface area contributed by atoms with E-state index < -0.39 is 17.6 Å². The van der Waals surface area contributed by atoms with Crippen molar-refractivity contribution in [1.29, 1.82) is 0 Å². The minimum Gasteiger partial charge on any atom is -0.378 e. The SMILES string of the molecule is CNC(c1ccc(F)c(C(F)(F)F)c1)C1COC(C)C1.